The highest BCUT2D eigenvalue weighted by Crippen LogP contribution is 2.46. The van der Waals surface area contributed by atoms with Gasteiger partial charge in [0.05, 0.1) is 7.11 Å². The van der Waals surface area contributed by atoms with E-state index in [1.165, 1.54) is 13.2 Å². The van der Waals surface area contributed by atoms with E-state index >= 15 is 0 Å². The third kappa shape index (κ3) is 5.66. The molecule has 0 saturated heterocycles. The number of rotatable bonds is 10. The highest BCUT2D eigenvalue weighted by Gasteiger charge is 2.59. The fourth-order valence-electron chi connectivity index (χ4n) is 4.15. The Morgan fingerprint density at radius 1 is 1.00 bits per heavy atom. The molecule has 0 spiro atoms. The van der Waals surface area contributed by atoms with E-state index < -0.39 is 36.2 Å². The van der Waals surface area contributed by atoms with Gasteiger partial charge in [-0.15, -0.1) is 0 Å². The first-order valence-corrected chi connectivity index (χ1v) is 9.97. The number of hydrogen-bond acceptors (Lipinski definition) is 4. The Hall–Kier alpha value is -2.45. The summed E-state index contributed by atoms with van der Waals surface area (Å²) in [7, 11) is 2.52. The predicted molar refractivity (Wildman–Crippen MR) is 112 cm³/mol. The van der Waals surface area contributed by atoms with Crippen molar-refractivity contribution in [3.8, 4) is 5.75 Å². The number of carbonyl (C=O) groups is 1. The van der Waals surface area contributed by atoms with Gasteiger partial charge in [-0.05, 0) is 44.0 Å². The summed E-state index contributed by atoms with van der Waals surface area (Å²) in [5, 5.41) is 0. The maximum absolute atomic E-state index is 14.2. The molecule has 0 amide bonds. The Morgan fingerprint density at radius 2 is 1.62 bits per heavy atom. The van der Waals surface area contributed by atoms with E-state index in [0.29, 0.717) is 0 Å². The van der Waals surface area contributed by atoms with Gasteiger partial charge in [0.25, 0.3) is 0 Å². The van der Waals surface area contributed by atoms with E-state index in [-0.39, 0.29) is 24.0 Å². The maximum atomic E-state index is 14.2. The lowest BCUT2D eigenvalue weighted by Gasteiger charge is -2.40. The number of halogens is 4. The van der Waals surface area contributed by atoms with Gasteiger partial charge < -0.3 is 14.2 Å². The molecule has 0 saturated carbocycles. The molecule has 8 heteroatoms. The van der Waals surface area contributed by atoms with Crippen molar-refractivity contribution in [1.82, 2.24) is 0 Å². The van der Waals surface area contributed by atoms with Crippen molar-refractivity contribution in [1.29, 1.82) is 0 Å². The number of alkyl halides is 3. The summed E-state index contributed by atoms with van der Waals surface area (Å²) in [4.78, 5) is 11.9. The van der Waals surface area contributed by atoms with Crippen molar-refractivity contribution < 1.29 is 36.6 Å². The summed E-state index contributed by atoms with van der Waals surface area (Å²) in [5.41, 5.74) is -1.74. The van der Waals surface area contributed by atoms with Crippen LogP contribution in [0.25, 0.3) is 0 Å². The summed E-state index contributed by atoms with van der Waals surface area (Å²) in [5.74, 6) is -0.416. The van der Waals surface area contributed by atoms with E-state index in [1.54, 1.807) is 6.92 Å². The molecule has 176 valence electrons. The second kappa shape index (κ2) is 10.0. The molecular formula is C24H28F4O4. The minimum atomic E-state index is -5.03. The summed E-state index contributed by atoms with van der Waals surface area (Å²) < 4.78 is 71.7. The number of carbonyl (C=O) groups excluding carboxylic acids is 1. The Morgan fingerprint density at radius 3 is 2.12 bits per heavy atom. The molecular weight excluding hydrogens is 428 g/mol. The lowest BCUT2D eigenvalue weighted by Crippen LogP contribution is -2.54. The van der Waals surface area contributed by atoms with Gasteiger partial charge >= 0.3 is 6.18 Å². The molecule has 2 aromatic carbocycles. The van der Waals surface area contributed by atoms with Gasteiger partial charge in [0.2, 0.25) is 5.60 Å². The lowest BCUT2D eigenvalue weighted by atomic mass is 9.69. The molecule has 0 heterocycles. The molecule has 0 aliphatic heterocycles. The maximum Gasteiger partial charge on any atom is 0.424 e. The quantitative estimate of drug-likeness (QED) is 0.271. The number of ether oxygens (including phenoxy) is 3. The van der Waals surface area contributed by atoms with Crippen LogP contribution in [0.4, 0.5) is 17.6 Å². The zero-order valence-corrected chi connectivity index (χ0v) is 18.8. The van der Waals surface area contributed by atoms with Gasteiger partial charge in [0, 0.05) is 24.5 Å². The fourth-order valence-corrected chi connectivity index (χ4v) is 4.15. The molecule has 0 aromatic heterocycles. The molecule has 2 unspecified atom stereocenters. The third-order valence-electron chi connectivity index (χ3n) is 5.44. The van der Waals surface area contributed by atoms with Crippen LogP contribution in [0, 0.1) is 19.7 Å². The summed E-state index contributed by atoms with van der Waals surface area (Å²) >= 11 is 0. The average molecular weight is 456 g/mol. The van der Waals surface area contributed by atoms with E-state index in [0.717, 1.165) is 35.9 Å². The van der Waals surface area contributed by atoms with E-state index in [2.05, 4.69) is 4.74 Å². The second-order valence-electron chi connectivity index (χ2n) is 8.31. The molecule has 0 bridgehead atoms. The number of aldehydes is 1. The van der Waals surface area contributed by atoms with Crippen molar-refractivity contribution in [3.05, 3.63) is 64.5 Å². The Kier molecular flexibility index (Phi) is 8.07. The molecule has 2 aromatic rings. The molecule has 0 fully saturated rings. The first-order valence-electron chi connectivity index (χ1n) is 9.97. The smallest absolute Gasteiger partial charge is 0.424 e. The van der Waals surface area contributed by atoms with Crippen LogP contribution in [0.5, 0.6) is 5.75 Å². The van der Waals surface area contributed by atoms with Crippen LogP contribution >= 0.6 is 0 Å². The molecule has 2 rings (SSSR count). The van der Waals surface area contributed by atoms with Crippen LogP contribution < -0.4 is 4.74 Å². The highest BCUT2D eigenvalue weighted by molar-refractivity contribution is 5.65. The first kappa shape index (κ1) is 25.8. The molecule has 0 N–H and O–H groups in total. The average Bonchev–Trinajstić information content (AvgIpc) is 2.69. The zero-order chi connectivity index (χ0) is 24.2. The van der Waals surface area contributed by atoms with Crippen LogP contribution in [0.15, 0.2) is 36.4 Å². The van der Waals surface area contributed by atoms with Gasteiger partial charge in [-0.3, -0.25) is 4.79 Å². The van der Waals surface area contributed by atoms with Crippen molar-refractivity contribution in [2.45, 2.75) is 50.8 Å². The largest absolute Gasteiger partial charge is 0.496 e. The molecule has 0 radical (unpaired) electrons. The molecule has 2 atom stereocenters. The third-order valence-corrected chi connectivity index (χ3v) is 5.44. The minimum Gasteiger partial charge on any atom is -0.496 e. The van der Waals surface area contributed by atoms with E-state index in [4.69, 9.17) is 9.47 Å². The molecule has 4 nitrogen and oxygen atoms in total. The Balaban J connectivity index is 2.72. The Labute approximate surface area is 185 Å². The predicted octanol–water partition coefficient (Wildman–Crippen LogP) is 5.46. The summed E-state index contributed by atoms with van der Waals surface area (Å²) in [6.07, 6.45) is -6.00. The van der Waals surface area contributed by atoms with Crippen LogP contribution in [0.1, 0.15) is 35.6 Å². The fraction of sp³-hybridized carbons (Fsp3) is 0.458. The number of methoxy groups -OCH3 is 2. The topological polar surface area (TPSA) is 44.8 Å². The minimum absolute atomic E-state index is 0.0807. The molecule has 0 aliphatic carbocycles. The van der Waals surface area contributed by atoms with Gasteiger partial charge in [-0.2, -0.15) is 13.2 Å². The van der Waals surface area contributed by atoms with Gasteiger partial charge in [-0.25, -0.2) is 4.39 Å². The van der Waals surface area contributed by atoms with Gasteiger partial charge in [-0.1, -0.05) is 36.2 Å². The Bertz CT molecular complexity index is 924. The number of hydrogen-bond donors (Lipinski definition) is 0. The first-order chi connectivity index (χ1) is 14.9. The standard InChI is InChI=1S/C24H28F4O4/c1-16-8-17(2)10-18(9-16)12-22(3,20-11-19(25)6-7-21(20)31-5)13-23(14-29,24(26,27)28)32-15-30-4/h6-11,14H,12-13,15H2,1-5H3. The van der Waals surface area contributed by atoms with E-state index in [9.17, 15) is 22.4 Å². The van der Waals surface area contributed by atoms with Crippen LogP contribution in [0.3, 0.4) is 0 Å². The normalized spacial score (nSPS) is 15.7. The van der Waals surface area contributed by atoms with Gasteiger partial charge in [0.1, 0.15) is 18.4 Å². The summed E-state index contributed by atoms with van der Waals surface area (Å²) in [6.45, 7) is 4.56. The molecule has 0 aliphatic rings. The number of aryl methyl sites for hydroxylation is 2. The van der Waals surface area contributed by atoms with Crippen LogP contribution in [-0.2, 0) is 26.1 Å². The number of benzene rings is 2. The summed E-state index contributed by atoms with van der Waals surface area (Å²) in [6, 6.07) is 9.31. The van der Waals surface area contributed by atoms with Crippen molar-refractivity contribution in [2.24, 2.45) is 0 Å². The van der Waals surface area contributed by atoms with Gasteiger partial charge in [0.15, 0.2) is 6.29 Å². The lowest BCUT2D eigenvalue weighted by molar-refractivity contribution is -0.284. The highest BCUT2D eigenvalue weighted by atomic mass is 19.4. The monoisotopic (exact) mass is 456 g/mol. The van der Waals surface area contributed by atoms with E-state index in [1.807, 2.05) is 32.0 Å². The van der Waals surface area contributed by atoms with Crippen LogP contribution in [-0.4, -0.2) is 39.1 Å². The molecule has 32 heavy (non-hydrogen) atoms. The second-order valence-corrected chi connectivity index (χ2v) is 8.31. The van der Waals surface area contributed by atoms with Crippen molar-refractivity contribution in [3.63, 3.8) is 0 Å². The van der Waals surface area contributed by atoms with Crippen molar-refractivity contribution in [2.75, 3.05) is 21.0 Å². The van der Waals surface area contributed by atoms with Crippen LogP contribution in [0.2, 0.25) is 0 Å². The van der Waals surface area contributed by atoms with Crippen molar-refractivity contribution >= 4 is 6.29 Å². The zero-order valence-electron chi connectivity index (χ0n) is 18.8. The SMILES string of the molecule is COCOC(C=O)(CC(C)(Cc1cc(C)cc(C)c1)c1cc(F)ccc1OC)C(F)(F)F.